The summed E-state index contributed by atoms with van der Waals surface area (Å²) in [5.74, 6) is 2.97. The fourth-order valence-corrected chi connectivity index (χ4v) is 4.01. The molecule has 0 amide bonds. The molecular weight excluding hydrogens is 446 g/mol. The van der Waals surface area contributed by atoms with Crippen molar-refractivity contribution in [3.8, 4) is 17.2 Å². The number of fused-ring (bicyclic) bond motifs is 1. The van der Waals surface area contributed by atoms with Crippen molar-refractivity contribution in [2.24, 2.45) is 0 Å². The number of nitrogens with zero attached hydrogens (tertiary/aromatic N) is 2. The first-order valence-corrected chi connectivity index (χ1v) is 10.8. The van der Waals surface area contributed by atoms with E-state index in [1.165, 1.54) is 11.9 Å². The molecule has 0 aliphatic carbocycles. The number of aromatic nitrogens is 3. The summed E-state index contributed by atoms with van der Waals surface area (Å²) in [7, 11) is 4.79. The number of hydrogen-bond acceptors (Lipinski definition) is 10. The van der Waals surface area contributed by atoms with Crippen molar-refractivity contribution in [1.29, 1.82) is 0 Å². The molecule has 11 heteroatoms. The van der Waals surface area contributed by atoms with E-state index in [0.29, 0.717) is 45.8 Å². The van der Waals surface area contributed by atoms with E-state index in [2.05, 4.69) is 25.4 Å². The molecule has 0 unspecified atom stereocenters. The van der Waals surface area contributed by atoms with Crippen molar-refractivity contribution in [2.75, 3.05) is 31.4 Å². The number of nitrogens with one attached hydrogen (secondary N) is 3. The molecule has 0 atom stereocenters. The number of rotatable bonds is 9. The van der Waals surface area contributed by atoms with E-state index in [4.69, 9.17) is 18.7 Å². The van der Waals surface area contributed by atoms with Crippen LogP contribution >= 0.6 is 11.9 Å². The monoisotopic (exact) mass is 471 g/mol. The fraction of sp³-hybridized carbons (Fsp3) is 0.273. The Labute approximate surface area is 194 Å². The lowest BCUT2D eigenvalue weighted by Crippen LogP contribution is -2.15. The molecule has 0 aliphatic rings. The van der Waals surface area contributed by atoms with Crippen LogP contribution in [0.2, 0.25) is 0 Å². The number of H-pyrrole nitrogens is 1. The lowest BCUT2D eigenvalue weighted by molar-refractivity contribution is 0.0738. The molecule has 0 fully saturated rings. The zero-order valence-corrected chi connectivity index (χ0v) is 19.7. The summed E-state index contributed by atoms with van der Waals surface area (Å²) in [6, 6.07) is 10.9. The third-order valence-corrected chi connectivity index (χ3v) is 5.83. The minimum Gasteiger partial charge on any atom is -0.495 e. The Hall–Kier alpha value is -3.57. The van der Waals surface area contributed by atoms with E-state index in [0.717, 1.165) is 10.3 Å². The van der Waals surface area contributed by atoms with Gasteiger partial charge in [-0.05, 0) is 44.0 Å². The maximum Gasteiger partial charge on any atom is 0.187 e. The molecule has 4 aromatic rings. The average Bonchev–Trinajstić information content (AvgIpc) is 3.43. The van der Waals surface area contributed by atoms with Gasteiger partial charge in [0.1, 0.15) is 27.7 Å². The number of ether oxygens (including phenoxy) is 3. The lowest BCUT2D eigenvalue weighted by Gasteiger charge is -2.13. The highest BCUT2D eigenvalue weighted by atomic mass is 32.2. The molecular formula is C22H25N5O5S. The quantitative estimate of drug-likeness (QED) is 0.256. The third-order valence-electron chi connectivity index (χ3n) is 4.92. The predicted molar refractivity (Wildman–Crippen MR) is 127 cm³/mol. The molecule has 4 N–H and O–H groups in total. The van der Waals surface area contributed by atoms with Gasteiger partial charge in [-0.3, -0.25) is 5.10 Å². The second-order valence-corrected chi connectivity index (χ2v) is 8.44. The molecule has 0 saturated heterocycles. The van der Waals surface area contributed by atoms with E-state index in [1.807, 2.05) is 24.3 Å². The Balaban J connectivity index is 1.60. The fourth-order valence-electron chi connectivity index (χ4n) is 3.16. The van der Waals surface area contributed by atoms with E-state index in [9.17, 15) is 5.11 Å². The van der Waals surface area contributed by atoms with Gasteiger partial charge in [0.2, 0.25) is 0 Å². The largest absolute Gasteiger partial charge is 0.495 e. The molecule has 0 bridgehead atoms. The Kier molecular flexibility index (Phi) is 6.25. The summed E-state index contributed by atoms with van der Waals surface area (Å²) in [6.45, 7) is 3.36. The molecule has 0 radical (unpaired) electrons. The number of methoxy groups -OCH3 is 3. The zero-order chi connectivity index (χ0) is 23.6. The Morgan fingerprint density at radius 1 is 1.03 bits per heavy atom. The van der Waals surface area contributed by atoms with Crippen LogP contribution in [-0.2, 0) is 5.60 Å². The highest BCUT2D eigenvalue weighted by molar-refractivity contribution is 8.00. The van der Waals surface area contributed by atoms with Crippen molar-refractivity contribution < 1.29 is 23.8 Å². The minimum absolute atomic E-state index is 0.525. The second kappa shape index (κ2) is 9.12. The van der Waals surface area contributed by atoms with E-state index in [-0.39, 0.29) is 0 Å². The molecule has 2 heterocycles. The molecule has 2 aromatic heterocycles. The summed E-state index contributed by atoms with van der Waals surface area (Å²) in [6.07, 6.45) is 0. The van der Waals surface area contributed by atoms with Crippen LogP contribution in [0, 0.1) is 0 Å². The Morgan fingerprint density at radius 2 is 1.73 bits per heavy atom. The number of aromatic amines is 1. The van der Waals surface area contributed by atoms with Crippen LogP contribution in [0.15, 0.2) is 45.8 Å². The van der Waals surface area contributed by atoms with Crippen molar-refractivity contribution in [2.45, 2.75) is 24.3 Å². The first kappa shape index (κ1) is 22.6. The molecule has 174 valence electrons. The molecule has 4 rings (SSSR count). The first-order chi connectivity index (χ1) is 15.8. The van der Waals surface area contributed by atoms with Gasteiger partial charge in [-0.25, -0.2) is 0 Å². The van der Waals surface area contributed by atoms with Gasteiger partial charge in [-0.1, -0.05) is 11.2 Å². The van der Waals surface area contributed by atoms with Crippen LogP contribution in [0.3, 0.4) is 0 Å². The zero-order valence-electron chi connectivity index (χ0n) is 18.8. The van der Waals surface area contributed by atoms with Gasteiger partial charge >= 0.3 is 0 Å². The highest BCUT2D eigenvalue weighted by Crippen LogP contribution is 2.40. The maximum atomic E-state index is 10.1. The smallest absolute Gasteiger partial charge is 0.187 e. The van der Waals surface area contributed by atoms with Gasteiger partial charge in [0, 0.05) is 12.1 Å². The molecule has 2 aromatic carbocycles. The van der Waals surface area contributed by atoms with Crippen LogP contribution in [0.1, 0.15) is 19.5 Å². The lowest BCUT2D eigenvalue weighted by atomic mass is 10.1. The van der Waals surface area contributed by atoms with E-state index >= 15 is 0 Å². The van der Waals surface area contributed by atoms with Crippen LogP contribution in [-0.4, -0.2) is 41.8 Å². The van der Waals surface area contributed by atoms with E-state index < -0.39 is 5.60 Å². The predicted octanol–water partition coefficient (Wildman–Crippen LogP) is 4.67. The third kappa shape index (κ3) is 4.64. The Morgan fingerprint density at radius 3 is 2.33 bits per heavy atom. The highest BCUT2D eigenvalue weighted by Gasteiger charge is 2.20. The normalized spacial score (nSPS) is 11.5. The molecule has 0 spiro atoms. The molecule has 0 saturated carbocycles. The summed E-state index contributed by atoms with van der Waals surface area (Å²) >= 11 is 1.30. The van der Waals surface area contributed by atoms with Crippen molar-refractivity contribution in [3.05, 3.63) is 42.1 Å². The Bertz CT molecular complexity index is 1240. The number of benzene rings is 2. The number of aliphatic hydroxyl groups is 1. The minimum atomic E-state index is -1.03. The molecule has 10 nitrogen and oxygen atoms in total. The van der Waals surface area contributed by atoms with Crippen LogP contribution in [0.4, 0.5) is 17.3 Å². The SMILES string of the molecule is COc1cc2c(NSc3c(OC)cccc3OC)noc2cc1Nc1cc(C(C)(C)O)[nH]n1. The topological polar surface area (TPSA) is 127 Å². The molecule has 33 heavy (non-hydrogen) atoms. The van der Waals surface area contributed by atoms with Crippen molar-refractivity contribution in [1.82, 2.24) is 15.4 Å². The first-order valence-electron chi connectivity index (χ1n) is 10.0. The van der Waals surface area contributed by atoms with Gasteiger partial charge in [-0.15, -0.1) is 0 Å². The van der Waals surface area contributed by atoms with Crippen molar-refractivity contribution >= 4 is 40.2 Å². The number of anilines is 3. The van der Waals surface area contributed by atoms with Crippen molar-refractivity contribution in [3.63, 3.8) is 0 Å². The van der Waals surface area contributed by atoms with Gasteiger partial charge in [0.25, 0.3) is 0 Å². The maximum absolute atomic E-state index is 10.1. The average molecular weight is 472 g/mol. The van der Waals surface area contributed by atoms with Gasteiger partial charge < -0.3 is 33.9 Å². The van der Waals surface area contributed by atoms with Gasteiger partial charge in [0.15, 0.2) is 17.2 Å². The van der Waals surface area contributed by atoms with Crippen LogP contribution in [0.5, 0.6) is 17.2 Å². The standard InChI is InChI=1S/C22H25N5O5S/c1-22(2,28)18-11-19(25-24-18)23-13-10-16-12(9-17(13)31-5)21(26-32-16)27-33-20-14(29-3)7-6-8-15(20)30-4/h6-11,28H,1-5H3,(H,26,27)(H2,23,24,25). The second-order valence-electron chi connectivity index (χ2n) is 7.63. The van der Waals surface area contributed by atoms with E-state index in [1.54, 1.807) is 47.3 Å². The van der Waals surface area contributed by atoms with Gasteiger partial charge in [0.05, 0.1) is 38.1 Å². The summed E-state index contributed by atoms with van der Waals surface area (Å²) < 4.78 is 25.2. The van der Waals surface area contributed by atoms with Crippen LogP contribution < -0.4 is 24.2 Å². The number of hydrogen-bond donors (Lipinski definition) is 4. The summed E-state index contributed by atoms with van der Waals surface area (Å²) in [5, 5.41) is 25.2. The van der Waals surface area contributed by atoms with Gasteiger partial charge in [-0.2, -0.15) is 5.10 Å². The molecule has 0 aliphatic heterocycles. The van der Waals surface area contributed by atoms with Crippen LogP contribution in [0.25, 0.3) is 11.0 Å². The summed E-state index contributed by atoms with van der Waals surface area (Å²) in [4.78, 5) is 0.782. The summed E-state index contributed by atoms with van der Waals surface area (Å²) in [5.41, 5.74) is 0.737.